The van der Waals surface area contributed by atoms with E-state index >= 15 is 0 Å². The van der Waals surface area contributed by atoms with E-state index in [-0.39, 0.29) is 11.4 Å². The van der Waals surface area contributed by atoms with Crippen LogP contribution >= 0.6 is 0 Å². The maximum absolute atomic E-state index is 12.2. The van der Waals surface area contributed by atoms with E-state index in [0.29, 0.717) is 10.9 Å². The zero-order valence-electron chi connectivity index (χ0n) is 12.0. The minimum absolute atomic E-state index is 0.0375. The summed E-state index contributed by atoms with van der Waals surface area (Å²) in [6, 6.07) is 8.58. The highest BCUT2D eigenvalue weighted by molar-refractivity contribution is 5.89. The van der Waals surface area contributed by atoms with Gasteiger partial charge < -0.3 is 9.72 Å². The van der Waals surface area contributed by atoms with Gasteiger partial charge >= 0.3 is 6.09 Å². The molecule has 0 saturated carbocycles. The molecule has 0 aliphatic heterocycles. The highest BCUT2D eigenvalue weighted by Crippen LogP contribution is 2.16. The summed E-state index contributed by atoms with van der Waals surface area (Å²) in [6.45, 7) is 5.17. The average molecular weight is 285 g/mol. The fraction of sp³-hybridized carbons (Fsp3) is 0.267. The van der Waals surface area contributed by atoms with Crippen LogP contribution in [0.2, 0.25) is 0 Å². The number of anilines is 1. The maximum Gasteiger partial charge on any atom is 0.413 e. The van der Waals surface area contributed by atoms with Gasteiger partial charge in [-0.2, -0.15) is 5.26 Å². The van der Waals surface area contributed by atoms with E-state index in [1.54, 1.807) is 45.0 Å². The first kappa shape index (κ1) is 14.6. The van der Waals surface area contributed by atoms with Gasteiger partial charge in [-0.15, -0.1) is 0 Å². The molecule has 1 aromatic carbocycles. The first-order valence-electron chi connectivity index (χ1n) is 6.37. The number of pyridine rings is 1. The first-order chi connectivity index (χ1) is 9.81. The lowest BCUT2D eigenvalue weighted by atomic mass is 10.1. The number of H-pyrrole nitrogens is 1. The molecule has 2 aromatic rings. The van der Waals surface area contributed by atoms with Gasteiger partial charge in [0.05, 0.1) is 5.52 Å². The molecule has 0 aliphatic carbocycles. The van der Waals surface area contributed by atoms with Gasteiger partial charge in [0.25, 0.3) is 0 Å². The van der Waals surface area contributed by atoms with Crippen LogP contribution in [0, 0.1) is 11.3 Å². The largest absolute Gasteiger partial charge is 0.444 e. The number of hydrogen-bond donors (Lipinski definition) is 2. The fourth-order valence-corrected chi connectivity index (χ4v) is 1.84. The van der Waals surface area contributed by atoms with Crippen molar-refractivity contribution in [3.8, 4) is 6.07 Å². The SMILES string of the molecule is CC(C)(C)OC(=O)Nc1[nH]c2ccccc2c(=O)c1C#N. The van der Waals surface area contributed by atoms with E-state index in [1.165, 1.54) is 0 Å². The Hall–Kier alpha value is -2.81. The molecule has 21 heavy (non-hydrogen) atoms. The van der Waals surface area contributed by atoms with Crippen LogP contribution in [0.15, 0.2) is 29.1 Å². The molecule has 6 nitrogen and oxygen atoms in total. The third kappa shape index (κ3) is 3.20. The summed E-state index contributed by atoms with van der Waals surface area (Å²) in [5.74, 6) is 0.0375. The number of nitrogens with zero attached hydrogens (tertiary/aromatic N) is 1. The Kier molecular flexibility index (Phi) is 3.68. The van der Waals surface area contributed by atoms with Gasteiger partial charge in [-0.1, -0.05) is 12.1 Å². The third-order valence-corrected chi connectivity index (χ3v) is 2.65. The number of fused-ring (bicyclic) bond motifs is 1. The number of amides is 1. The van der Waals surface area contributed by atoms with Gasteiger partial charge in [0.15, 0.2) is 0 Å². The standard InChI is InChI=1S/C15H15N3O3/c1-15(2,3)21-14(20)18-13-10(8-16)12(19)9-6-4-5-7-11(9)17-13/h4-7H,1-3H3,(H2,17,18,19,20). The Bertz CT molecular complexity index is 794. The summed E-state index contributed by atoms with van der Waals surface area (Å²) in [4.78, 5) is 26.9. The minimum atomic E-state index is -0.732. The molecule has 0 aliphatic rings. The van der Waals surface area contributed by atoms with Gasteiger partial charge in [-0.3, -0.25) is 10.1 Å². The zero-order chi connectivity index (χ0) is 15.6. The molecule has 0 atom stereocenters. The predicted molar refractivity (Wildman–Crippen MR) is 79.1 cm³/mol. The molecule has 0 spiro atoms. The van der Waals surface area contributed by atoms with Gasteiger partial charge in [0, 0.05) is 5.39 Å². The second kappa shape index (κ2) is 5.29. The van der Waals surface area contributed by atoms with Crippen molar-refractivity contribution in [3.63, 3.8) is 0 Å². The van der Waals surface area contributed by atoms with Crippen LogP contribution in [0.25, 0.3) is 10.9 Å². The topological polar surface area (TPSA) is 95.0 Å². The molecule has 0 fully saturated rings. The number of nitriles is 1. The van der Waals surface area contributed by atoms with Crippen molar-refractivity contribution >= 4 is 22.8 Å². The molecule has 1 aromatic heterocycles. The quantitative estimate of drug-likeness (QED) is 0.842. The Labute approximate surface area is 121 Å². The van der Waals surface area contributed by atoms with Crippen LogP contribution in [-0.4, -0.2) is 16.7 Å². The molecule has 6 heteroatoms. The lowest BCUT2D eigenvalue weighted by Gasteiger charge is -2.19. The zero-order valence-corrected chi connectivity index (χ0v) is 12.0. The lowest BCUT2D eigenvalue weighted by Crippen LogP contribution is -2.28. The van der Waals surface area contributed by atoms with E-state index in [2.05, 4.69) is 10.3 Å². The van der Waals surface area contributed by atoms with E-state index < -0.39 is 17.1 Å². The number of hydrogen-bond acceptors (Lipinski definition) is 4. The first-order valence-corrected chi connectivity index (χ1v) is 6.37. The van der Waals surface area contributed by atoms with Gasteiger partial charge in [-0.25, -0.2) is 4.79 Å². The summed E-state index contributed by atoms with van der Waals surface area (Å²) >= 11 is 0. The van der Waals surface area contributed by atoms with Crippen molar-refractivity contribution in [3.05, 3.63) is 40.1 Å². The molecular formula is C15H15N3O3. The molecule has 0 bridgehead atoms. The van der Waals surface area contributed by atoms with Crippen molar-refractivity contribution in [1.29, 1.82) is 5.26 Å². The van der Waals surface area contributed by atoms with Crippen LogP contribution in [0.1, 0.15) is 26.3 Å². The number of aromatic amines is 1. The van der Waals surface area contributed by atoms with Crippen LogP contribution < -0.4 is 10.7 Å². The monoisotopic (exact) mass is 285 g/mol. The molecule has 108 valence electrons. The van der Waals surface area contributed by atoms with Gasteiger partial charge in [-0.05, 0) is 32.9 Å². The lowest BCUT2D eigenvalue weighted by molar-refractivity contribution is 0.0635. The van der Waals surface area contributed by atoms with Crippen LogP contribution in [0.5, 0.6) is 0 Å². The molecule has 2 rings (SSSR count). The number of rotatable bonds is 1. The van der Waals surface area contributed by atoms with Gasteiger partial charge in [0.2, 0.25) is 5.43 Å². The smallest absolute Gasteiger partial charge is 0.413 e. The Morgan fingerprint density at radius 3 is 2.62 bits per heavy atom. The highest BCUT2D eigenvalue weighted by Gasteiger charge is 2.19. The van der Waals surface area contributed by atoms with E-state index in [4.69, 9.17) is 10.00 Å². The molecule has 0 unspecified atom stereocenters. The molecule has 1 heterocycles. The summed E-state index contributed by atoms with van der Waals surface area (Å²) in [5, 5.41) is 11.9. The molecule has 2 N–H and O–H groups in total. The normalized spacial score (nSPS) is 11.0. The van der Waals surface area contributed by atoms with E-state index in [9.17, 15) is 9.59 Å². The number of nitrogens with one attached hydrogen (secondary N) is 2. The van der Waals surface area contributed by atoms with Crippen molar-refractivity contribution < 1.29 is 9.53 Å². The average Bonchev–Trinajstić information content (AvgIpc) is 2.37. The second-order valence-corrected chi connectivity index (χ2v) is 5.49. The number of carbonyl (C=O) groups excluding carboxylic acids is 1. The third-order valence-electron chi connectivity index (χ3n) is 2.65. The minimum Gasteiger partial charge on any atom is -0.444 e. The second-order valence-electron chi connectivity index (χ2n) is 5.49. The number of para-hydroxylation sites is 1. The Balaban J connectivity index is 2.47. The van der Waals surface area contributed by atoms with Crippen LogP contribution in [-0.2, 0) is 4.74 Å². The summed E-state index contributed by atoms with van der Waals surface area (Å²) < 4.78 is 5.11. The number of carbonyl (C=O) groups is 1. The number of benzene rings is 1. The summed E-state index contributed by atoms with van der Waals surface area (Å²) in [5.41, 5.74) is -0.723. The van der Waals surface area contributed by atoms with Crippen molar-refractivity contribution in [2.75, 3.05) is 5.32 Å². The van der Waals surface area contributed by atoms with Crippen LogP contribution in [0.3, 0.4) is 0 Å². The van der Waals surface area contributed by atoms with Gasteiger partial charge in [0.1, 0.15) is 23.1 Å². The summed E-state index contributed by atoms with van der Waals surface area (Å²) in [7, 11) is 0. The molecule has 0 saturated heterocycles. The molecule has 1 amide bonds. The number of ether oxygens (including phenoxy) is 1. The highest BCUT2D eigenvalue weighted by atomic mass is 16.6. The molecular weight excluding hydrogens is 270 g/mol. The van der Waals surface area contributed by atoms with Crippen molar-refractivity contribution in [2.45, 2.75) is 26.4 Å². The maximum atomic E-state index is 12.2. The Morgan fingerprint density at radius 1 is 1.33 bits per heavy atom. The van der Waals surface area contributed by atoms with E-state index in [0.717, 1.165) is 0 Å². The summed E-state index contributed by atoms with van der Waals surface area (Å²) in [6.07, 6.45) is -0.732. The molecule has 0 radical (unpaired) electrons. The predicted octanol–water partition coefficient (Wildman–Crippen LogP) is 2.75. The fourth-order valence-electron chi connectivity index (χ4n) is 1.84. The van der Waals surface area contributed by atoms with Crippen molar-refractivity contribution in [2.24, 2.45) is 0 Å². The number of aromatic nitrogens is 1. The van der Waals surface area contributed by atoms with Crippen molar-refractivity contribution in [1.82, 2.24) is 4.98 Å². The van der Waals surface area contributed by atoms with E-state index in [1.807, 2.05) is 6.07 Å². The Morgan fingerprint density at radius 2 is 2.00 bits per heavy atom. The van der Waals surface area contributed by atoms with Crippen LogP contribution in [0.4, 0.5) is 10.6 Å².